The highest BCUT2D eigenvalue weighted by molar-refractivity contribution is 7.12. The minimum Gasteiger partial charge on any atom is -0.367 e. The Morgan fingerprint density at radius 1 is 1.27 bits per heavy atom. The van der Waals surface area contributed by atoms with Gasteiger partial charge in [-0.15, -0.1) is 11.3 Å². The minimum atomic E-state index is -0.320. The Bertz CT molecular complexity index is 1170. The molecule has 1 fully saturated rings. The standard InChI is InChI=1S/C20H21N7O2S/c28-18(23-14-11-22-6-5-16(14)26-9-7-21-8-10-26)15-12-30-20(25-15)27-17-4-2-1-3-13(17)24-19(27)29/h1,3,5-6,11-12,21H,2,4,7-10H2,(H,23,28)(H,24,29). The molecular weight excluding hydrogens is 402 g/mol. The second-order valence-corrected chi connectivity index (χ2v) is 8.00. The topological polar surface area (TPSA) is 108 Å². The molecule has 2 aliphatic rings. The van der Waals surface area contributed by atoms with E-state index >= 15 is 0 Å². The number of carbonyl (C=O) groups is 1. The van der Waals surface area contributed by atoms with Crippen LogP contribution < -0.4 is 21.2 Å². The SMILES string of the molecule is O=C(Nc1cnccc1N1CCNCC1)c1csc(-n2c3c([nH]c2=O)C=CCC3)n1. The van der Waals surface area contributed by atoms with E-state index in [1.165, 1.54) is 11.3 Å². The van der Waals surface area contributed by atoms with E-state index < -0.39 is 0 Å². The molecule has 0 bridgehead atoms. The summed E-state index contributed by atoms with van der Waals surface area (Å²) in [7, 11) is 0. The highest BCUT2D eigenvalue weighted by Gasteiger charge is 2.21. The Labute approximate surface area is 176 Å². The van der Waals surface area contributed by atoms with Gasteiger partial charge >= 0.3 is 5.69 Å². The molecule has 0 atom stereocenters. The van der Waals surface area contributed by atoms with Gasteiger partial charge in [-0.3, -0.25) is 9.78 Å². The summed E-state index contributed by atoms with van der Waals surface area (Å²) in [6.45, 7) is 3.53. The predicted octanol–water partition coefficient (Wildman–Crippen LogP) is 1.64. The first-order chi connectivity index (χ1) is 14.7. The smallest absolute Gasteiger partial charge is 0.332 e. The van der Waals surface area contributed by atoms with Crippen molar-refractivity contribution < 1.29 is 4.79 Å². The van der Waals surface area contributed by atoms with Gasteiger partial charge in [-0.05, 0) is 25.0 Å². The van der Waals surface area contributed by atoms with Crippen LogP contribution in [0.4, 0.5) is 11.4 Å². The molecule has 154 valence electrons. The number of hydrogen-bond donors (Lipinski definition) is 3. The summed E-state index contributed by atoms with van der Waals surface area (Å²) in [5.41, 5.74) is 3.35. The number of carbonyl (C=O) groups excluding carboxylic acids is 1. The van der Waals surface area contributed by atoms with E-state index in [1.807, 2.05) is 18.2 Å². The molecule has 10 heteroatoms. The fourth-order valence-corrected chi connectivity index (χ4v) is 4.64. The van der Waals surface area contributed by atoms with Gasteiger partial charge in [0, 0.05) is 37.8 Å². The summed E-state index contributed by atoms with van der Waals surface area (Å²) < 4.78 is 1.57. The summed E-state index contributed by atoms with van der Waals surface area (Å²) >= 11 is 1.28. The highest BCUT2D eigenvalue weighted by Crippen LogP contribution is 2.26. The van der Waals surface area contributed by atoms with Crippen LogP contribution in [-0.2, 0) is 6.42 Å². The van der Waals surface area contributed by atoms with Crippen LogP contribution in [0.15, 0.2) is 34.7 Å². The van der Waals surface area contributed by atoms with Gasteiger partial charge in [0.25, 0.3) is 5.91 Å². The first-order valence-electron chi connectivity index (χ1n) is 9.88. The fraction of sp³-hybridized carbons (Fsp3) is 0.300. The quantitative estimate of drug-likeness (QED) is 0.589. The van der Waals surface area contributed by atoms with Crippen LogP contribution in [0.1, 0.15) is 28.3 Å². The largest absolute Gasteiger partial charge is 0.367 e. The van der Waals surface area contributed by atoms with Crippen LogP contribution in [0.5, 0.6) is 0 Å². The number of rotatable bonds is 4. The number of aromatic nitrogens is 4. The number of allylic oxidation sites excluding steroid dienone is 1. The Morgan fingerprint density at radius 2 is 2.13 bits per heavy atom. The molecule has 4 heterocycles. The number of H-pyrrole nitrogens is 1. The molecule has 3 aromatic rings. The van der Waals surface area contributed by atoms with Gasteiger partial charge in [0.2, 0.25) is 0 Å². The number of hydrogen-bond acceptors (Lipinski definition) is 7. The fourth-order valence-electron chi connectivity index (χ4n) is 3.82. The third-order valence-corrected chi connectivity index (χ3v) is 6.10. The molecule has 3 N–H and O–H groups in total. The maximum absolute atomic E-state index is 12.9. The molecule has 1 aliphatic heterocycles. The minimum absolute atomic E-state index is 0.235. The van der Waals surface area contributed by atoms with E-state index in [9.17, 15) is 9.59 Å². The lowest BCUT2D eigenvalue weighted by molar-refractivity contribution is 0.102. The lowest BCUT2D eigenvalue weighted by Gasteiger charge is -2.30. The first kappa shape index (κ1) is 18.8. The predicted molar refractivity (Wildman–Crippen MR) is 117 cm³/mol. The first-order valence-corrected chi connectivity index (χ1v) is 10.8. The van der Waals surface area contributed by atoms with Crippen LogP contribution in [0.2, 0.25) is 0 Å². The van der Waals surface area contributed by atoms with Crippen LogP contribution in [0.3, 0.4) is 0 Å². The van der Waals surface area contributed by atoms with Crippen LogP contribution in [0, 0.1) is 0 Å². The molecule has 9 nitrogen and oxygen atoms in total. The zero-order chi connectivity index (χ0) is 20.5. The monoisotopic (exact) mass is 423 g/mol. The molecular formula is C20H21N7O2S. The van der Waals surface area contributed by atoms with Crippen molar-refractivity contribution in [3.63, 3.8) is 0 Å². The maximum Gasteiger partial charge on any atom is 0.332 e. The number of nitrogens with zero attached hydrogens (tertiary/aromatic N) is 4. The normalized spacial score (nSPS) is 15.8. The van der Waals surface area contributed by atoms with E-state index in [-0.39, 0.29) is 17.3 Å². The third-order valence-electron chi connectivity index (χ3n) is 5.28. The number of fused-ring (bicyclic) bond motifs is 1. The highest BCUT2D eigenvalue weighted by atomic mass is 32.1. The van der Waals surface area contributed by atoms with Gasteiger partial charge in [-0.1, -0.05) is 6.08 Å². The number of pyridine rings is 1. The molecule has 3 aromatic heterocycles. The molecule has 1 saturated heterocycles. The van der Waals surface area contributed by atoms with E-state index in [1.54, 1.807) is 22.3 Å². The molecule has 0 aromatic carbocycles. The Morgan fingerprint density at radius 3 is 3.00 bits per heavy atom. The van der Waals surface area contributed by atoms with Crippen molar-refractivity contribution in [2.45, 2.75) is 12.8 Å². The number of amides is 1. The molecule has 0 unspecified atom stereocenters. The van der Waals surface area contributed by atoms with Gasteiger partial charge in [0.05, 0.1) is 29.0 Å². The number of piperazine rings is 1. The molecule has 0 spiro atoms. The summed E-state index contributed by atoms with van der Waals surface area (Å²) in [6, 6.07) is 1.91. The van der Waals surface area contributed by atoms with Crippen LogP contribution >= 0.6 is 11.3 Å². The van der Waals surface area contributed by atoms with Gasteiger partial charge < -0.3 is 20.5 Å². The average Bonchev–Trinajstić information content (AvgIpc) is 3.38. The molecule has 0 radical (unpaired) electrons. The molecule has 5 rings (SSSR count). The van der Waals surface area contributed by atoms with E-state index in [2.05, 4.69) is 30.5 Å². The summed E-state index contributed by atoms with van der Waals surface area (Å²) in [5.74, 6) is -0.320. The van der Waals surface area contributed by atoms with Crippen molar-refractivity contribution in [1.82, 2.24) is 24.8 Å². The van der Waals surface area contributed by atoms with Crippen molar-refractivity contribution in [3.05, 3.63) is 57.5 Å². The zero-order valence-corrected chi connectivity index (χ0v) is 17.0. The molecule has 30 heavy (non-hydrogen) atoms. The second kappa shape index (κ2) is 7.88. The molecule has 1 amide bonds. The Hall–Kier alpha value is -3.24. The van der Waals surface area contributed by atoms with E-state index in [4.69, 9.17) is 0 Å². The molecule has 1 aliphatic carbocycles. The van der Waals surface area contributed by atoms with E-state index in [0.29, 0.717) is 10.8 Å². The maximum atomic E-state index is 12.9. The Balaban J connectivity index is 1.40. The van der Waals surface area contributed by atoms with Crippen molar-refractivity contribution in [2.24, 2.45) is 0 Å². The van der Waals surface area contributed by atoms with Crippen molar-refractivity contribution in [2.75, 3.05) is 36.4 Å². The van der Waals surface area contributed by atoms with Crippen LogP contribution in [0.25, 0.3) is 11.2 Å². The third kappa shape index (κ3) is 3.44. The van der Waals surface area contributed by atoms with E-state index in [0.717, 1.165) is 56.1 Å². The van der Waals surface area contributed by atoms with Crippen molar-refractivity contribution >= 4 is 34.7 Å². The lowest BCUT2D eigenvalue weighted by Crippen LogP contribution is -2.43. The Kier molecular flexibility index (Phi) is 4.93. The number of aromatic amines is 1. The number of nitrogens with one attached hydrogen (secondary N) is 3. The number of thiazole rings is 1. The average molecular weight is 424 g/mol. The van der Waals surface area contributed by atoms with Crippen molar-refractivity contribution in [1.29, 1.82) is 0 Å². The van der Waals surface area contributed by atoms with Crippen LogP contribution in [-0.4, -0.2) is 51.6 Å². The van der Waals surface area contributed by atoms with Gasteiger partial charge in [0.1, 0.15) is 5.69 Å². The summed E-state index contributed by atoms with van der Waals surface area (Å²) in [4.78, 5) is 39.0. The van der Waals surface area contributed by atoms with Gasteiger partial charge in [-0.2, -0.15) is 0 Å². The number of anilines is 2. The lowest BCUT2D eigenvalue weighted by atomic mass is 10.1. The second-order valence-electron chi connectivity index (χ2n) is 7.17. The summed E-state index contributed by atoms with van der Waals surface area (Å²) in [6.07, 6.45) is 8.96. The van der Waals surface area contributed by atoms with Crippen molar-refractivity contribution in [3.8, 4) is 5.13 Å². The van der Waals surface area contributed by atoms with Gasteiger partial charge in [-0.25, -0.2) is 14.3 Å². The number of imidazole rings is 1. The molecule has 0 saturated carbocycles. The zero-order valence-electron chi connectivity index (χ0n) is 16.2. The van der Waals surface area contributed by atoms with Gasteiger partial charge in [0.15, 0.2) is 5.13 Å². The summed E-state index contributed by atoms with van der Waals surface area (Å²) in [5, 5.41) is 8.43.